The Morgan fingerprint density at radius 3 is 2.43 bits per heavy atom. The number of para-hydroxylation sites is 1. The van der Waals surface area contributed by atoms with Gasteiger partial charge in [0.25, 0.3) is 0 Å². The van der Waals surface area contributed by atoms with Gasteiger partial charge in [-0.3, -0.25) is 0 Å². The molecule has 0 aliphatic heterocycles. The van der Waals surface area contributed by atoms with Crippen molar-refractivity contribution < 1.29 is 5.11 Å². The maximum Gasteiger partial charge on any atom is 0.118 e. The molecule has 0 aliphatic carbocycles. The number of phenols is 1. The van der Waals surface area contributed by atoms with Crippen LogP contribution < -0.4 is 5.73 Å². The van der Waals surface area contributed by atoms with Gasteiger partial charge in [0.15, 0.2) is 0 Å². The van der Waals surface area contributed by atoms with Gasteiger partial charge in [0.1, 0.15) is 5.75 Å². The molecule has 3 N–H and O–H groups in total. The molecule has 1 atom stereocenters. The standard InChI is InChI=1S/C12H19NO/c1-9(2)11(8-13)7-10-5-3-4-6-12(10)14/h3-6,9,11,14H,7-8,13H2,1-2H3. The normalized spacial score (nSPS) is 13.1. The van der Waals surface area contributed by atoms with Gasteiger partial charge in [-0.15, -0.1) is 0 Å². The summed E-state index contributed by atoms with van der Waals surface area (Å²) in [4.78, 5) is 0. The van der Waals surface area contributed by atoms with Gasteiger partial charge in [-0.1, -0.05) is 32.0 Å². The van der Waals surface area contributed by atoms with Crippen molar-refractivity contribution in [2.75, 3.05) is 6.54 Å². The number of aromatic hydroxyl groups is 1. The van der Waals surface area contributed by atoms with Crippen LogP contribution in [-0.4, -0.2) is 11.7 Å². The molecule has 0 bridgehead atoms. The largest absolute Gasteiger partial charge is 0.508 e. The van der Waals surface area contributed by atoms with E-state index in [1.807, 2.05) is 18.2 Å². The van der Waals surface area contributed by atoms with Crippen molar-refractivity contribution in [3.8, 4) is 5.75 Å². The summed E-state index contributed by atoms with van der Waals surface area (Å²) >= 11 is 0. The van der Waals surface area contributed by atoms with Gasteiger partial charge in [-0.05, 0) is 36.4 Å². The Bertz CT molecular complexity index is 283. The lowest BCUT2D eigenvalue weighted by Gasteiger charge is -2.19. The lowest BCUT2D eigenvalue weighted by Crippen LogP contribution is -2.22. The maximum atomic E-state index is 9.60. The van der Waals surface area contributed by atoms with Crippen molar-refractivity contribution in [1.29, 1.82) is 0 Å². The third-order valence-electron chi connectivity index (χ3n) is 2.72. The second-order valence-electron chi connectivity index (χ2n) is 4.07. The third-order valence-corrected chi connectivity index (χ3v) is 2.72. The van der Waals surface area contributed by atoms with Crippen LogP contribution in [0.4, 0.5) is 0 Å². The first-order valence-corrected chi connectivity index (χ1v) is 5.12. The van der Waals surface area contributed by atoms with Crippen molar-refractivity contribution in [2.24, 2.45) is 17.6 Å². The summed E-state index contributed by atoms with van der Waals surface area (Å²) in [6.07, 6.45) is 0.862. The monoisotopic (exact) mass is 193 g/mol. The number of nitrogens with two attached hydrogens (primary N) is 1. The molecule has 0 spiro atoms. The molecule has 78 valence electrons. The minimum Gasteiger partial charge on any atom is -0.508 e. The lowest BCUT2D eigenvalue weighted by atomic mass is 9.89. The minimum atomic E-state index is 0.381. The summed E-state index contributed by atoms with van der Waals surface area (Å²) in [6, 6.07) is 7.47. The Morgan fingerprint density at radius 2 is 1.93 bits per heavy atom. The summed E-state index contributed by atoms with van der Waals surface area (Å²) in [6.45, 7) is 5.00. The molecule has 0 saturated carbocycles. The second kappa shape index (κ2) is 5.01. The maximum absolute atomic E-state index is 9.60. The van der Waals surface area contributed by atoms with Gasteiger partial charge >= 0.3 is 0 Å². The first-order valence-electron chi connectivity index (χ1n) is 5.12. The SMILES string of the molecule is CC(C)C(CN)Cc1ccccc1O. The van der Waals surface area contributed by atoms with Gasteiger partial charge in [0.2, 0.25) is 0 Å². The summed E-state index contributed by atoms with van der Waals surface area (Å²) < 4.78 is 0. The predicted octanol–water partition coefficient (Wildman–Crippen LogP) is 2.17. The first-order chi connectivity index (χ1) is 6.65. The van der Waals surface area contributed by atoms with E-state index in [1.54, 1.807) is 6.07 Å². The van der Waals surface area contributed by atoms with Crippen LogP contribution in [0.2, 0.25) is 0 Å². The van der Waals surface area contributed by atoms with Crippen molar-refractivity contribution >= 4 is 0 Å². The fraction of sp³-hybridized carbons (Fsp3) is 0.500. The fourth-order valence-electron chi connectivity index (χ4n) is 1.56. The molecular weight excluding hydrogens is 174 g/mol. The van der Waals surface area contributed by atoms with Gasteiger partial charge in [-0.25, -0.2) is 0 Å². The Labute approximate surface area is 85.8 Å². The second-order valence-corrected chi connectivity index (χ2v) is 4.07. The van der Waals surface area contributed by atoms with Crippen molar-refractivity contribution in [3.05, 3.63) is 29.8 Å². The lowest BCUT2D eigenvalue weighted by molar-refractivity contribution is 0.382. The third kappa shape index (κ3) is 2.74. The molecule has 2 nitrogen and oxygen atoms in total. The van der Waals surface area contributed by atoms with Crippen LogP contribution in [0.25, 0.3) is 0 Å². The molecule has 2 heteroatoms. The van der Waals surface area contributed by atoms with E-state index in [-0.39, 0.29) is 0 Å². The van der Waals surface area contributed by atoms with Crippen LogP contribution in [0.3, 0.4) is 0 Å². The highest BCUT2D eigenvalue weighted by atomic mass is 16.3. The average molecular weight is 193 g/mol. The van der Waals surface area contributed by atoms with Gasteiger partial charge in [0.05, 0.1) is 0 Å². The van der Waals surface area contributed by atoms with Crippen molar-refractivity contribution in [3.63, 3.8) is 0 Å². The van der Waals surface area contributed by atoms with E-state index in [0.29, 0.717) is 24.1 Å². The van der Waals surface area contributed by atoms with E-state index < -0.39 is 0 Å². The molecule has 0 heterocycles. The van der Waals surface area contributed by atoms with Crippen LogP contribution in [0, 0.1) is 11.8 Å². The molecule has 0 radical (unpaired) electrons. The summed E-state index contributed by atoms with van der Waals surface area (Å²) in [5.74, 6) is 1.38. The predicted molar refractivity (Wildman–Crippen MR) is 59.2 cm³/mol. The number of phenolic OH excluding ortho intramolecular Hbond substituents is 1. The Morgan fingerprint density at radius 1 is 1.29 bits per heavy atom. The Hall–Kier alpha value is -1.02. The summed E-state index contributed by atoms with van der Waals surface area (Å²) in [5.41, 5.74) is 6.69. The molecule has 1 unspecified atom stereocenters. The van der Waals surface area contributed by atoms with Crippen molar-refractivity contribution in [2.45, 2.75) is 20.3 Å². The zero-order valence-electron chi connectivity index (χ0n) is 8.90. The zero-order chi connectivity index (χ0) is 10.6. The molecule has 0 aromatic heterocycles. The van der Waals surface area contributed by atoms with Gasteiger partial charge in [0, 0.05) is 0 Å². The first kappa shape index (κ1) is 11.1. The fourth-order valence-corrected chi connectivity index (χ4v) is 1.56. The molecule has 14 heavy (non-hydrogen) atoms. The summed E-state index contributed by atoms with van der Waals surface area (Å²) in [7, 11) is 0. The topological polar surface area (TPSA) is 46.2 Å². The van der Waals surface area contributed by atoms with Crippen LogP contribution >= 0.6 is 0 Å². The van der Waals surface area contributed by atoms with Crippen molar-refractivity contribution in [1.82, 2.24) is 0 Å². The highest BCUT2D eigenvalue weighted by Crippen LogP contribution is 2.22. The smallest absolute Gasteiger partial charge is 0.118 e. The Kier molecular flexibility index (Phi) is 3.96. The highest BCUT2D eigenvalue weighted by molar-refractivity contribution is 5.32. The summed E-state index contributed by atoms with van der Waals surface area (Å²) in [5, 5.41) is 9.60. The van der Waals surface area contributed by atoms with E-state index in [9.17, 15) is 5.11 Å². The molecule has 0 saturated heterocycles. The molecular formula is C12H19NO. The van der Waals surface area contributed by atoms with Crippen LogP contribution in [0.15, 0.2) is 24.3 Å². The quantitative estimate of drug-likeness (QED) is 0.769. The molecule has 1 aromatic carbocycles. The van der Waals surface area contributed by atoms with Gasteiger partial charge < -0.3 is 10.8 Å². The van der Waals surface area contributed by atoms with E-state index in [0.717, 1.165) is 12.0 Å². The molecule has 1 rings (SSSR count). The van der Waals surface area contributed by atoms with Crippen LogP contribution in [0.5, 0.6) is 5.75 Å². The molecule has 0 aliphatic rings. The van der Waals surface area contributed by atoms with E-state index in [2.05, 4.69) is 13.8 Å². The van der Waals surface area contributed by atoms with E-state index in [1.165, 1.54) is 0 Å². The van der Waals surface area contributed by atoms with Crippen LogP contribution in [0.1, 0.15) is 19.4 Å². The zero-order valence-corrected chi connectivity index (χ0v) is 8.90. The molecule has 0 fully saturated rings. The number of benzene rings is 1. The number of rotatable bonds is 4. The number of hydrogen-bond acceptors (Lipinski definition) is 2. The van der Waals surface area contributed by atoms with E-state index >= 15 is 0 Å². The molecule has 1 aromatic rings. The minimum absolute atomic E-state index is 0.381. The highest BCUT2D eigenvalue weighted by Gasteiger charge is 2.13. The average Bonchev–Trinajstić information content (AvgIpc) is 2.16. The Balaban J connectivity index is 2.72. The molecule has 0 amide bonds. The number of hydrogen-bond donors (Lipinski definition) is 2. The van der Waals surface area contributed by atoms with Gasteiger partial charge in [-0.2, -0.15) is 0 Å². The van der Waals surface area contributed by atoms with Crippen LogP contribution in [-0.2, 0) is 6.42 Å². The van der Waals surface area contributed by atoms with E-state index in [4.69, 9.17) is 5.73 Å².